The number of hydrogen-bond acceptors (Lipinski definition) is 6. The Balaban J connectivity index is 4.50. The van der Waals surface area contributed by atoms with Crippen molar-refractivity contribution in [3.05, 3.63) is 122 Å². The second-order valence-corrected chi connectivity index (χ2v) is 19.5. The van der Waals surface area contributed by atoms with Crippen LogP contribution in [0.1, 0.15) is 265 Å². The van der Waals surface area contributed by atoms with Gasteiger partial charge in [0.1, 0.15) is 13.2 Å². The minimum absolute atomic E-state index is 0.117. The van der Waals surface area contributed by atoms with E-state index >= 15 is 0 Å². The minimum Gasteiger partial charge on any atom is -0.462 e. The molecule has 0 bridgehead atoms. The lowest BCUT2D eigenvalue weighted by Gasteiger charge is -2.18. The predicted octanol–water partition coefficient (Wildman–Crippen LogP) is 20.4. The average Bonchev–Trinajstić information content (AvgIpc) is 3.39. The van der Waals surface area contributed by atoms with Crippen molar-refractivity contribution >= 4 is 17.9 Å². The monoisotopic (exact) mass is 1010 g/mol. The van der Waals surface area contributed by atoms with Crippen molar-refractivity contribution in [2.75, 3.05) is 13.2 Å². The van der Waals surface area contributed by atoms with E-state index in [2.05, 4.69) is 130 Å². The predicted molar refractivity (Wildman–Crippen MR) is 316 cm³/mol. The first-order chi connectivity index (χ1) is 36.0. The Hall–Kier alpha value is -4.19. The lowest BCUT2D eigenvalue weighted by atomic mass is 10.1. The fourth-order valence-corrected chi connectivity index (χ4v) is 8.01. The zero-order valence-corrected chi connectivity index (χ0v) is 47.4. The molecule has 0 radical (unpaired) electrons. The number of allylic oxidation sites excluding steroid dienone is 20. The van der Waals surface area contributed by atoms with Crippen LogP contribution in [0.15, 0.2) is 122 Å². The molecule has 0 spiro atoms. The molecular formula is C67H110O6. The Bertz CT molecular complexity index is 1540. The Labute approximate surface area is 450 Å². The summed E-state index contributed by atoms with van der Waals surface area (Å²) in [4.78, 5) is 38.2. The molecular weight excluding hydrogens is 901 g/mol. The van der Waals surface area contributed by atoms with Crippen LogP contribution in [0.5, 0.6) is 0 Å². The van der Waals surface area contributed by atoms with Gasteiger partial charge < -0.3 is 14.2 Å². The van der Waals surface area contributed by atoms with Gasteiger partial charge in [-0.2, -0.15) is 0 Å². The van der Waals surface area contributed by atoms with Gasteiger partial charge in [0, 0.05) is 19.3 Å². The van der Waals surface area contributed by atoms with E-state index in [-0.39, 0.29) is 31.6 Å². The molecule has 0 aliphatic carbocycles. The van der Waals surface area contributed by atoms with Gasteiger partial charge in [-0.1, -0.05) is 251 Å². The molecule has 414 valence electrons. The Morgan fingerprint density at radius 2 is 0.562 bits per heavy atom. The molecule has 6 nitrogen and oxygen atoms in total. The van der Waals surface area contributed by atoms with Crippen molar-refractivity contribution in [2.45, 2.75) is 271 Å². The van der Waals surface area contributed by atoms with Crippen molar-refractivity contribution in [3.8, 4) is 0 Å². The summed E-state index contributed by atoms with van der Waals surface area (Å²) in [5, 5.41) is 0. The van der Waals surface area contributed by atoms with Crippen LogP contribution in [-0.4, -0.2) is 37.2 Å². The smallest absolute Gasteiger partial charge is 0.306 e. The Morgan fingerprint density at radius 1 is 0.288 bits per heavy atom. The van der Waals surface area contributed by atoms with Crippen molar-refractivity contribution in [1.29, 1.82) is 0 Å². The van der Waals surface area contributed by atoms with Crippen LogP contribution in [0, 0.1) is 0 Å². The third kappa shape index (κ3) is 58.6. The lowest BCUT2D eigenvalue weighted by molar-refractivity contribution is -0.166. The van der Waals surface area contributed by atoms with Crippen molar-refractivity contribution < 1.29 is 28.6 Å². The van der Waals surface area contributed by atoms with Crippen LogP contribution in [0.3, 0.4) is 0 Å². The van der Waals surface area contributed by atoms with E-state index in [4.69, 9.17) is 14.2 Å². The normalized spacial score (nSPS) is 13.0. The van der Waals surface area contributed by atoms with Crippen molar-refractivity contribution in [3.63, 3.8) is 0 Å². The first kappa shape index (κ1) is 68.8. The largest absolute Gasteiger partial charge is 0.462 e. The number of hydrogen-bond donors (Lipinski definition) is 0. The Morgan fingerprint density at radius 3 is 0.904 bits per heavy atom. The highest BCUT2D eigenvalue weighted by atomic mass is 16.6. The fourth-order valence-electron chi connectivity index (χ4n) is 8.01. The van der Waals surface area contributed by atoms with Gasteiger partial charge in [-0.15, -0.1) is 0 Å². The molecule has 0 saturated carbocycles. The van der Waals surface area contributed by atoms with Crippen molar-refractivity contribution in [2.24, 2.45) is 0 Å². The summed E-state index contributed by atoms with van der Waals surface area (Å²) in [7, 11) is 0. The quantitative estimate of drug-likeness (QED) is 0.0261. The summed E-state index contributed by atoms with van der Waals surface area (Å²) in [6.45, 7) is 6.34. The van der Waals surface area contributed by atoms with Crippen LogP contribution in [-0.2, 0) is 28.6 Å². The highest BCUT2D eigenvalue weighted by Crippen LogP contribution is 2.15. The maximum atomic E-state index is 12.8. The third-order valence-electron chi connectivity index (χ3n) is 12.4. The molecule has 1 atom stereocenters. The van der Waals surface area contributed by atoms with Crippen LogP contribution in [0.4, 0.5) is 0 Å². The van der Waals surface area contributed by atoms with Crippen LogP contribution in [0.2, 0.25) is 0 Å². The Kier molecular flexibility index (Phi) is 56.9. The van der Waals surface area contributed by atoms with Crippen molar-refractivity contribution in [1.82, 2.24) is 0 Å². The summed E-state index contributed by atoms with van der Waals surface area (Å²) in [6, 6.07) is 0. The molecule has 6 heteroatoms. The minimum atomic E-state index is -0.831. The van der Waals surface area contributed by atoms with Crippen LogP contribution >= 0.6 is 0 Å². The molecule has 0 aromatic rings. The molecule has 0 saturated heterocycles. The van der Waals surface area contributed by atoms with Gasteiger partial charge >= 0.3 is 17.9 Å². The third-order valence-corrected chi connectivity index (χ3v) is 12.4. The van der Waals surface area contributed by atoms with Gasteiger partial charge in [0.05, 0.1) is 0 Å². The van der Waals surface area contributed by atoms with Gasteiger partial charge in [0.2, 0.25) is 0 Å². The van der Waals surface area contributed by atoms with E-state index in [0.29, 0.717) is 19.3 Å². The molecule has 0 heterocycles. The van der Waals surface area contributed by atoms with E-state index in [1.165, 1.54) is 103 Å². The first-order valence-electron chi connectivity index (χ1n) is 30.0. The number of ether oxygens (including phenoxy) is 3. The number of carbonyl (C=O) groups excluding carboxylic acids is 3. The lowest BCUT2D eigenvalue weighted by Crippen LogP contribution is -2.30. The number of esters is 3. The van der Waals surface area contributed by atoms with Gasteiger partial charge in [-0.3, -0.25) is 14.4 Å². The second kappa shape index (κ2) is 60.4. The standard InChI is InChI=1S/C67H110O6/c1-4-7-10-13-16-19-22-25-28-30-32-33-35-36-39-42-45-48-51-54-57-60-66(69)72-63-64(62-71-65(68)59-56-53-50-47-44-41-38-27-24-21-18-15-12-9-6-3)73-67(70)61-58-55-52-49-46-43-40-37-34-31-29-26-23-20-17-14-11-8-5-2/h8-9,11-12,17-18,20-21,26-27,29-30,32,34,37-38,43,46,52,55,64H,4-7,10,13-16,19,22-25,28,31,33,35-36,39-42,44-45,47-51,53-54,56-63H2,1-3H3/b11-8-,12-9-,20-17-,21-18-,29-26-,32-30-,37-34-,38-27-,46-43-,55-52-. The van der Waals surface area contributed by atoms with Gasteiger partial charge in [0.25, 0.3) is 0 Å². The first-order valence-corrected chi connectivity index (χ1v) is 30.0. The summed E-state index contributed by atoms with van der Waals surface area (Å²) in [5.41, 5.74) is 0. The van der Waals surface area contributed by atoms with E-state index in [9.17, 15) is 14.4 Å². The molecule has 0 aromatic carbocycles. The molecule has 0 aliphatic rings. The van der Waals surface area contributed by atoms with E-state index in [1.807, 2.05) is 12.2 Å². The molecule has 73 heavy (non-hydrogen) atoms. The van der Waals surface area contributed by atoms with Gasteiger partial charge in [0.15, 0.2) is 6.10 Å². The van der Waals surface area contributed by atoms with E-state index in [1.54, 1.807) is 0 Å². The maximum absolute atomic E-state index is 12.8. The molecule has 0 rings (SSSR count). The van der Waals surface area contributed by atoms with E-state index in [0.717, 1.165) is 116 Å². The molecule has 0 N–H and O–H groups in total. The highest BCUT2D eigenvalue weighted by Gasteiger charge is 2.19. The molecule has 0 fully saturated rings. The summed E-state index contributed by atoms with van der Waals surface area (Å²) < 4.78 is 16.8. The molecule has 0 aromatic heterocycles. The topological polar surface area (TPSA) is 78.9 Å². The summed E-state index contributed by atoms with van der Waals surface area (Å²) >= 11 is 0. The summed E-state index contributed by atoms with van der Waals surface area (Å²) in [6.07, 6.45) is 83.5. The number of unbranched alkanes of at least 4 members (excludes halogenated alkanes) is 22. The number of rotatable bonds is 53. The fraction of sp³-hybridized carbons (Fsp3) is 0.657. The van der Waals surface area contributed by atoms with Gasteiger partial charge in [-0.25, -0.2) is 0 Å². The SMILES string of the molecule is CC/C=C\C/C=C\C/C=C\C/C=C\C/C=C\C/C=C\CCC(=O)OC(COC(=O)CCCCCCC/C=C\C/C=C\C/C=C\CC)COC(=O)CCCCCCCCCCC/C=C\CCCCCCCCCC. The second-order valence-electron chi connectivity index (χ2n) is 19.5. The van der Waals surface area contributed by atoms with Crippen LogP contribution < -0.4 is 0 Å². The number of carbonyl (C=O) groups is 3. The highest BCUT2D eigenvalue weighted by molar-refractivity contribution is 5.71. The summed E-state index contributed by atoms with van der Waals surface area (Å²) in [5.74, 6) is -1.02. The maximum Gasteiger partial charge on any atom is 0.306 e. The zero-order chi connectivity index (χ0) is 52.9. The molecule has 1 unspecified atom stereocenters. The van der Waals surface area contributed by atoms with Crippen LogP contribution in [0.25, 0.3) is 0 Å². The van der Waals surface area contributed by atoms with Gasteiger partial charge in [-0.05, 0) is 116 Å². The molecule has 0 aliphatic heterocycles. The zero-order valence-electron chi connectivity index (χ0n) is 47.4. The van der Waals surface area contributed by atoms with E-state index < -0.39 is 12.1 Å². The average molecular weight is 1010 g/mol. The molecule has 0 amide bonds.